The van der Waals surface area contributed by atoms with Crippen LogP contribution < -0.4 is 4.74 Å². The molecule has 0 saturated carbocycles. The molecule has 0 aliphatic carbocycles. The smallest absolute Gasteiger partial charge is 0.184 e. The number of benzene rings is 1. The van der Waals surface area contributed by atoms with E-state index in [-0.39, 0.29) is 6.04 Å². The number of aromatic nitrogens is 2. The molecule has 0 bridgehead atoms. The van der Waals surface area contributed by atoms with Gasteiger partial charge in [0.15, 0.2) is 10.9 Å². The Hall–Kier alpha value is -1.52. The van der Waals surface area contributed by atoms with Crippen LogP contribution in [0.1, 0.15) is 18.9 Å². The van der Waals surface area contributed by atoms with E-state index in [2.05, 4.69) is 5.10 Å². The summed E-state index contributed by atoms with van der Waals surface area (Å²) in [6.07, 6.45) is 3.73. The first-order valence-corrected chi connectivity index (χ1v) is 6.76. The predicted molar refractivity (Wildman–Crippen MR) is 72.8 cm³/mol. The minimum atomic E-state index is 0.203. The Morgan fingerprint density at radius 1 is 1.32 bits per heavy atom. The van der Waals surface area contributed by atoms with Crippen LogP contribution >= 0.6 is 11.6 Å². The van der Waals surface area contributed by atoms with E-state index in [1.165, 1.54) is 0 Å². The van der Waals surface area contributed by atoms with Gasteiger partial charge in [0.2, 0.25) is 0 Å². The van der Waals surface area contributed by atoms with Gasteiger partial charge in [-0.15, -0.1) is 0 Å². The maximum atomic E-state index is 6.33. The Balaban J connectivity index is 1.78. The van der Waals surface area contributed by atoms with Gasteiger partial charge < -0.3 is 9.47 Å². The summed E-state index contributed by atoms with van der Waals surface area (Å²) in [6, 6.07) is 9.76. The van der Waals surface area contributed by atoms with Crippen LogP contribution in [0.2, 0.25) is 5.15 Å². The standard InChI is InChI=1S/C14H15ClN2O2/c15-14-13(19-12-6-2-1-3-7-12)9-16-17(14)11-5-4-8-18-10-11/h1-3,6-7,9,11H,4-5,8,10H2. The van der Waals surface area contributed by atoms with E-state index < -0.39 is 0 Å². The molecule has 1 atom stereocenters. The first kappa shape index (κ1) is 12.5. The van der Waals surface area contributed by atoms with Gasteiger partial charge in [0, 0.05) is 6.61 Å². The number of hydrogen-bond donors (Lipinski definition) is 0. The molecule has 4 nitrogen and oxygen atoms in total. The molecule has 2 heterocycles. The summed E-state index contributed by atoms with van der Waals surface area (Å²) in [4.78, 5) is 0. The Morgan fingerprint density at radius 3 is 2.89 bits per heavy atom. The lowest BCUT2D eigenvalue weighted by molar-refractivity contribution is 0.0550. The van der Waals surface area contributed by atoms with Crippen molar-refractivity contribution in [3.05, 3.63) is 41.7 Å². The molecule has 1 aromatic carbocycles. The maximum absolute atomic E-state index is 6.33. The van der Waals surface area contributed by atoms with E-state index in [1.54, 1.807) is 10.9 Å². The van der Waals surface area contributed by atoms with Crippen molar-refractivity contribution in [2.24, 2.45) is 0 Å². The van der Waals surface area contributed by atoms with E-state index in [9.17, 15) is 0 Å². The van der Waals surface area contributed by atoms with Crippen LogP contribution in [0, 0.1) is 0 Å². The molecular weight excluding hydrogens is 264 g/mol. The number of halogens is 1. The molecule has 0 amide bonds. The zero-order chi connectivity index (χ0) is 13.1. The maximum Gasteiger partial charge on any atom is 0.184 e. The molecule has 19 heavy (non-hydrogen) atoms. The number of hydrogen-bond acceptors (Lipinski definition) is 3. The summed E-state index contributed by atoms with van der Waals surface area (Å²) in [5, 5.41) is 4.84. The summed E-state index contributed by atoms with van der Waals surface area (Å²) >= 11 is 6.33. The van der Waals surface area contributed by atoms with Gasteiger partial charge in [0.1, 0.15) is 5.75 Å². The molecule has 2 aromatic rings. The van der Waals surface area contributed by atoms with Crippen LogP contribution in [-0.2, 0) is 4.74 Å². The Labute approximate surface area is 116 Å². The molecule has 1 unspecified atom stereocenters. The average molecular weight is 279 g/mol. The molecule has 1 aliphatic rings. The average Bonchev–Trinajstić information content (AvgIpc) is 2.82. The number of nitrogens with zero attached hydrogens (tertiary/aromatic N) is 2. The van der Waals surface area contributed by atoms with Crippen LogP contribution in [0.3, 0.4) is 0 Å². The number of ether oxygens (including phenoxy) is 2. The second-order valence-corrected chi connectivity index (χ2v) is 4.89. The first-order chi connectivity index (χ1) is 9.34. The summed E-state index contributed by atoms with van der Waals surface area (Å²) < 4.78 is 13.0. The third kappa shape index (κ3) is 2.74. The fourth-order valence-corrected chi connectivity index (χ4v) is 2.46. The minimum Gasteiger partial charge on any atom is -0.452 e. The highest BCUT2D eigenvalue weighted by Crippen LogP contribution is 2.32. The van der Waals surface area contributed by atoms with Crippen molar-refractivity contribution < 1.29 is 9.47 Å². The van der Waals surface area contributed by atoms with Crippen molar-refractivity contribution in [3.63, 3.8) is 0 Å². The molecule has 3 rings (SSSR count). The van der Waals surface area contributed by atoms with Crippen molar-refractivity contribution in [3.8, 4) is 11.5 Å². The Bertz CT molecular complexity index is 536. The molecule has 0 radical (unpaired) electrons. The van der Waals surface area contributed by atoms with Gasteiger partial charge in [-0.05, 0) is 25.0 Å². The van der Waals surface area contributed by atoms with Gasteiger partial charge >= 0.3 is 0 Å². The monoisotopic (exact) mass is 278 g/mol. The predicted octanol–water partition coefficient (Wildman–Crippen LogP) is 3.68. The lowest BCUT2D eigenvalue weighted by atomic mass is 10.1. The second-order valence-electron chi connectivity index (χ2n) is 4.53. The van der Waals surface area contributed by atoms with E-state index in [0.29, 0.717) is 17.5 Å². The Morgan fingerprint density at radius 2 is 2.16 bits per heavy atom. The van der Waals surface area contributed by atoms with Gasteiger partial charge in [0.25, 0.3) is 0 Å². The second kappa shape index (κ2) is 5.63. The molecule has 1 aliphatic heterocycles. The molecule has 0 N–H and O–H groups in total. The quantitative estimate of drug-likeness (QED) is 0.859. The number of rotatable bonds is 3. The van der Waals surface area contributed by atoms with E-state index >= 15 is 0 Å². The van der Waals surface area contributed by atoms with Crippen molar-refractivity contribution in [2.75, 3.05) is 13.2 Å². The van der Waals surface area contributed by atoms with Crippen molar-refractivity contribution in [2.45, 2.75) is 18.9 Å². The molecular formula is C14H15ClN2O2. The highest BCUT2D eigenvalue weighted by atomic mass is 35.5. The lowest BCUT2D eigenvalue weighted by Gasteiger charge is -2.22. The molecule has 1 saturated heterocycles. The largest absolute Gasteiger partial charge is 0.452 e. The number of para-hydroxylation sites is 1. The highest BCUT2D eigenvalue weighted by molar-refractivity contribution is 6.31. The molecule has 1 fully saturated rings. The summed E-state index contributed by atoms with van der Waals surface area (Å²) in [5.41, 5.74) is 0. The molecule has 1 aromatic heterocycles. The minimum absolute atomic E-state index is 0.203. The van der Waals surface area contributed by atoms with E-state index in [1.807, 2.05) is 30.3 Å². The van der Waals surface area contributed by atoms with Crippen molar-refractivity contribution in [1.82, 2.24) is 9.78 Å². The molecule has 100 valence electrons. The van der Waals surface area contributed by atoms with E-state index in [4.69, 9.17) is 21.1 Å². The third-order valence-electron chi connectivity index (χ3n) is 3.16. The van der Waals surface area contributed by atoms with Crippen LogP contribution in [-0.4, -0.2) is 23.0 Å². The normalized spacial score (nSPS) is 19.3. The van der Waals surface area contributed by atoms with Crippen molar-refractivity contribution in [1.29, 1.82) is 0 Å². The summed E-state index contributed by atoms with van der Waals surface area (Å²) in [6.45, 7) is 1.48. The van der Waals surface area contributed by atoms with Gasteiger partial charge in [-0.2, -0.15) is 5.10 Å². The zero-order valence-electron chi connectivity index (χ0n) is 10.5. The zero-order valence-corrected chi connectivity index (χ0v) is 11.2. The summed E-state index contributed by atoms with van der Waals surface area (Å²) in [7, 11) is 0. The van der Waals surface area contributed by atoms with Gasteiger partial charge in [0.05, 0.1) is 18.8 Å². The lowest BCUT2D eigenvalue weighted by Crippen LogP contribution is -2.22. The van der Waals surface area contributed by atoms with E-state index in [0.717, 1.165) is 25.2 Å². The van der Waals surface area contributed by atoms with Crippen LogP contribution in [0.15, 0.2) is 36.5 Å². The highest BCUT2D eigenvalue weighted by Gasteiger charge is 2.21. The summed E-state index contributed by atoms with van der Waals surface area (Å²) in [5.74, 6) is 1.34. The Kier molecular flexibility index (Phi) is 3.71. The fraction of sp³-hybridized carbons (Fsp3) is 0.357. The topological polar surface area (TPSA) is 36.3 Å². The van der Waals surface area contributed by atoms with Crippen LogP contribution in [0.5, 0.6) is 11.5 Å². The van der Waals surface area contributed by atoms with Crippen LogP contribution in [0.25, 0.3) is 0 Å². The third-order valence-corrected chi connectivity index (χ3v) is 3.52. The SMILES string of the molecule is Clc1c(Oc2ccccc2)cnn1C1CCCOC1. The van der Waals surface area contributed by atoms with Gasteiger partial charge in [-0.1, -0.05) is 29.8 Å². The van der Waals surface area contributed by atoms with Crippen molar-refractivity contribution >= 4 is 11.6 Å². The first-order valence-electron chi connectivity index (χ1n) is 6.38. The fourth-order valence-electron chi connectivity index (χ4n) is 2.19. The van der Waals surface area contributed by atoms with Crippen LogP contribution in [0.4, 0.5) is 0 Å². The van der Waals surface area contributed by atoms with Gasteiger partial charge in [-0.3, -0.25) is 0 Å². The van der Waals surface area contributed by atoms with Gasteiger partial charge in [-0.25, -0.2) is 4.68 Å². The molecule has 0 spiro atoms. The molecule has 5 heteroatoms.